The van der Waals surface area contributed by atoms with Gasteiger partial charge in [-0.3, -0.25) is 0 Å². The number of aliphatic hydroxyl groups excluding tert-OH is 1. The summed E-state index contributed by atoms with van der Waals surface area (Å²) in [5, 5.41) is 10.6. The number of hydrogen-bond acceptors (Lipinski definition) is 2. The molecule has 1 unspecified atom stereocenters. The van der Waals surface area contributed by atoms with Crippen LogP contribution >= 0.6 is 0 Å². The van der Waals surface area contributed by atoms with Crippen molar-refractivity contribution in [3.05, 3.63) is 36.0 Å². The summed E-state index contributed by atoms with van der Waals surface area (Å²) < 4.78 is 0. The number of aliphatic hydroxyl groups is 1. The van der Waals surface area contributed by atoms with E-state index < -0.39 is 6.10 Å². The number of hydrogen-bond donors (Lipinski definition) is 3. The summed E-state index contributed by atoms with van der Waals surface area (Å²) >= 11 is 0. The van der Waals surface area contributed by atoms with E-state index in [9.17, 15) is 5.11 Å². The number of aromatic amines is 1. The quantitative estimate of drug-likeness (QED) is 0.677. The summed E-state index contributed by atoms with van der Waals surface area (Å²) in [6, 6.07) is 10.1. The third-order valence-corrected chi connectivity index (χ3v) is 2.31. The Labute approximate surface area is 82.6 Å². The molecule has 0 fully saturated rings. The highest BCUT2D eigenvalue weighted by molar-refractivity contribution is 5.80. The molecule has 1 aromatic heterocycles. The van der Waals surface area contributed by atoms with Crippen LogP contribution in [0.4, 0.5) is 0 Å². The van der Waals surface area contributed by atoms with Crippen molar-refractivity contribution in [3.8, 4) is 0 Å². The lowest BCUT2D eigenvalue weighted by molar-refractivity contribution is 0.182. The van der Waals surface area contributed by atoms with Crippen molar-refractivity contribution < 1.29 is 5.11 Å². The molecule has 0 radical (unpaired) electrons. The van der Waals surface area contributed by atoms with E-state index in [2.05, 4.69) is 4.98 Å². The first kappa shape index (κ1) is 9.24. The molecule has 14 heavy (non-hydrogen) atoms. The molecular weight excluding hydrogens is 176 g/mol. The van der Waals surface area contributed by atoms with Crippen molar-refractivity contribution in [3.63, 3.8) is 0 Å². The first-order valence-corrected chi connectivity index (χ1v) is 4.74. The Morgan fingerprint density at radius 1 is 1.36 bits per heavy atom. The van der Waals surface area contributed by atoms with Crippen molar-refractivity contribution in [2.75, 3.05) is 6.54 Å². The fourth-order valence-electron chi connectivity index (χ4n) is 1.58. The number of aromatic nitrogens is 1. The van der Waals surface area contributed by atoms with E-state index in [0.717, 1.165) is 11.2 Å². The van der Waals surface area contributed by atoms with Gasteiger partial charge in [-0.1, -0.05) is 18.2 Å². The Hall–Kier alpha value is -1.32. The molecule has 0 bridgehead atoms. The smallest absolute Gasteiger partial charge is 0.0716 e. The fourth-order valence-corrected chi connectivity index (χ4v) is 1.58. The van der Waals surface area contributed by atoms with Crippen LogP contribution in [-0.2, 0) is 6.42 Å². The average molecular weight is 190 g/mol. The molecule has 3 heteroatoms. The molecule has 1 atom stereocenters. The summed E-state index contributed by atoms with van der Waals surface area (Å²) in [4.78, 5) is 3.25. The van der Waals surface area contributed by atoms with Gasteiger partial charge in [-0.15, -0.1) is 0 Å². The predicted octanol–water partition coefficient (Wildman–Crippen LogP) is 1.03. The van der Waals surface area contributed by atoms with Crippen LogP contribution in [0.25, 0.3) is 10.9 Å². The zero-order valence-corrected chi connectivity index (χ0v) is 7.90. The van der Waals surface area contributed by atoms with Gasteiger partial charge in [0.05, 0.1) is 6.10 Å². The Bertz CT molecular complexity index is 389. The maximum absolute atomic E-state index is 9.39. The van der Waals surface area contributed by atoms with Gasteiger partial charge in [-0.25, -0.2) is 0 Å². The molecule has 3 nitrogen and oxygen atoms in total. The fraction of sp³-hybridized carbons (Fsp3) is 0.273. The van der Waals surface area contributed by atoms with E-state index in [1.54, 1.807) is 0 Å². The largest absolute Gasteiger partial charge is 0.391 e. The van der Waals surface area contributed by atoms with Crippen LogP contribution in [-0.4, -0.2) is 22.7 Å². The highest BCUT2D eigenvalue weighted by atomic mass is 16.3. The first-order valence-electron chi connectivity index (χ1n) is 4.74. The van der Waals surface area contributed by atoms with Crippen LogP contribution in [0.5, 0.6) is 0 Å². The summed E-state index contributed by atoms with van der Waals surface area (Å²) in [7, 11) is 0. The lowest BCUT2D eigenvalue weighted by Gasteiger charge is -2.04. The van der Waals surface area contributed by atoms with Crippen LogP contribution in [0.15, 0.2) is 30.3 Å². The summed E-state index contributed by atoms with van der Waals surface area (Å²) in [6.07, 6.45) is 0.133. The van der Waals surface area contributed by atoms with Gasteiger partial charge >= 0.3 is 0 Å². The molecule has 1 aromatic carbocycles. The molecular formula is C11H14N2O. The van der Waals surface area contributed by atoms with Crippen LogP contribution in [0.2, 0.25) is 0 Å². The summed E-state index contributed by atoms with van der Waals surface area (Å²) in [5.41, 5.74) is 7.49. The topological polar surface area (TPSA) is 62.0 Å². The maximum Gasteiger partial charge on any atom is 0.0716 e. The van der Waals surface area contributed by atoms with E-state index in [1.165, 1.54) is 5.39 Å². The maximum atomic E-state index is 9.39. The minimum Gasteiger partial charge on any atom is -0.391 e. The summed E-state index contributed by atoms with van der Waals surface area (Å²) in [6.45, 7) is 0.301. The third-order valence-electron chi connectivity index (χ3n) is 2.31. The molecule has 0 saturated carbocycles. The number of nitrogens with one attached hydrogen (secondary N) is 1. The second kappa shape index (κ2) is 3.82. The molecule has 0 aliphatic carbocycles. The Morgan fingerprint density at radius 3 is 2.86 bits per heavy atom. The molecule has 2 rings (SSSR count). The lowest BCUT2D eigenvalue weighted by Crippen LogP contribution is -2.22. The van der Waals surface area contributed by atoms with Gasteiger partial charge < -0.3 is 15.8 Å². The van der Waals surface area contributed by atoms with Crippen LogP contribution in [0.1, 0.15) is 5.69 Å². The van der Waals surface area contributed by atoms with Crippen molar-refractivity contribution >= 4 is 10.9 Å². The molecule has 0 amide bonds. The summed E-state index contributed by atoms with van der Waals surface area (Å²) in [5.74, 6) is 0. The van der Waals surface area contributed by atoms with Crippen molar-refractivity contribution in [1.82, 2.24) is 4.98 Å². The van der Waals surface area contributed by atoms with Crippen LogP contribution in [0, 0.1) is 0 Å². The number of para-hydroxylation sites is 1. The van der Waals surface area contributed by atoms with Crippen molar-refractivity contribution in [1.29, 1.82) is 0 Å². The first-order chi connectivity index (χ1) is 6.79. The monoisotopic (exact) mass is 190 g/mol. The van der Waals surface area contributed by atoms with Gasteiger partial charge in [-0.05, 0) is 17.5 Å². The van der Waals surface area contributed by atoms with Crippen molar-refractivity contribution in [2.24, 2.45) is 5.73 Å². The number of H-pyrrole nitrogens is 1. The van der Waals surface area contributed by atoms with Gasteiger partial charge in [0.15, 0.2) is 0 Å². The van der Waals surface area contributed by atoms with E-state index in [-0.39, 0.29) is 0 Å². The van der Waals surface area contributed by atoms with Gasteiger partial charge in [0.2, 0.25) is 0 Å². The normalized spacial score (nSPS) is 13.3. The number of nitrogens with two attached hydrogens (primary N) is 1. The van der Waals surface area contributed by atoms with Gasteiger partial charge in [0.1, 0.15) is 0 Å². The molecule has 0 aliphatic heterocycles. The molecule has 2 aromatic rings. The number of benzene rings is 1. The van der Waals surface area contributed by atoms with Gasteiger partial charge in [-0.2, -0.15) is 0 Å². The average Bonchev–Trinajstić information content (AvgIpc) is 2.59. The van der Waals surface area contributed by atoms with Crippen LogP contribution < -0.4 is 5.73 Å². The number of fused-ring (bicyclic) bond motifs is 1. The highest BCUT2D eigenvalue weighted by Gasteiger charge is 2.05. The Morgan fingerprint density at radius 2 is 2.14 bits per heavy atom. The zero-order chi connectivity index (χ0) is 9.97. The molecule has 0 aliphatic rings. The van der Waals surface area contributed by atoms with Crippen LogP contribution in [0.3, 0.4) is 0 Å². The second-order valence-corrected chi connectivity index (χ2v) is 3.48. The lowest BCUT2D eigenvalue weighted by atomic mass is 10.2. The van der Waals surface area contributed by atoms with E-state index in [1.807, 2.05) is 30.3 Å². The predicted molar refractivity (Wildman–Crippen MR) is 57.1 cm³/mol. The molecule has 0 spiro atoms. The van der Waals surface area contributed by atoms with E-state index in [4.69, 9.17) is 5.73 Å². The SMILES string of the molecule is NCC(O)Cc1cc2ccccc2[nH]1. The Kier molecular flexibility index (Phi) is 2.52. The zero-order valence-electron chi connectivity index (χ0n) is 7.90. The van der Waals surface area contributed by atoms with E-state index >= 15 is 0 Å². The van der Waals surface area contributed by atoms with Gasteiger partial charge in [0.25, 0.3) is 0 Å². The standard InChI is InChI=1S/C11H14N2O/c12-7-10(14)6-9-5-8-3-1-2-4-11(8)13-9/h1-5,10,13-14H,6-7,12H2. The third kappa shape index (κ3) is 1.78. The van der Waals surface area contributed by atoms with E-state index in [0.29, 0.717) is 13.0 Å². The number of rotatable bonds is 3. The minimum absolute atomic E-state index is 0.301. The Balaban J connectivity index is 2.27. The molecule has 4 N–H and O–H groups in total. The minimum atomic E-state index is -0.455. The van der Waals surface area contributed by atoms with Crippen molar-refractivity contribution in [2.45, 2.75) is 12.5 Å². The second-order valence-electron chi connectivity index (χ2n) is 3.48. The molecule has 1 heterocycles. The van der Waals surface area contributed by atoms with Gasteiger partial charge in [0, 0.05) is 24.2 Å². The molecule has 0 saturated heterocycles. The molecule has 74 valence electrons. The highest BCUT2D eigenvalue weighted by Crippen LogP contribution is 2.15.